The Labute approximate surface area is 126 Å². The normalized spacial score (nSPS) is 19.7. The summed E-state index contributed by atoms with van der Waals surface area (Å²) in [6.07, 6.45) is 2.45. The van der Waals surface area contributed by atoms with Crippen molar-refractivity contribution in [1.29, 1.82) is 0 Å². The minimum Gasteiger partial charge on any atom is -0.377 e. The molecule has 1 saturated heterocycles. The van der Waals surface area contributed by atoms with E-state index in [9.17, 15) is 4.79 Å². The van der Waals surface area contributed by atoms with E-state index >= 15 is 0 Å². The van der Waals surface area contributed by atoms with E-state index in [-0.39, 0.29) is 18.1 Å². The van der Waals surface area contributed by atoms with Crippen molar-refractivity contribution >= 4 is 11.6 Å². The molecular formula is C16H25N3O2. The molecule has 1 aliphatic rings. The quantitative estimate of drug-likeness (QED) is 0.835. The Morgan fingerprint density at radius 1 is 1.57 bits per heavy atom. The Morgan fingerprint density at radius 2 is 2.38 bits per heavy atom. The monoisotopic (exact) mass is 291 g/mol. The third-order valence-corrected chi connectivity index (χ3v) is 3.99. The number of nitrogens with one attached hydrogen (secondary N) is 1. The van der Waals surface area contributed by atoms with Crippen molar-refractivity contribution in [3.63, 3.8) is 0 Å². The van der Waals surface area contributed by atoms with Crippen LogP contribution in [0.1, 0.15) is 25.3 Å². The summed E-state index contributed by atoms with van der Waals surface area (Å²) in [5, 5.41) is 2.95. The maximum Gasteiger partial charge on any atom is 0.241 e. The van der Waals surface area contributed by atoms with E-state index in [0.717, 1.165) is 37.2 Å². The second-order valence-electron chi connectivity index (χ2n) is 5.64. The van der Waals surface area contributed by atoms with E-state index in [1.165, 1.54) is 0 Å². The van der Waals surface area contributed by atoms with Crippen molar-refractivity contribution in [2.24, 2.45) is 5.73 Å². The average Bonchev–Trinajstić information content (AvgIpc) is 2.99. The van der Waals surface area contributed by atoms with Crippen LogP contribution in [-0.2, 0) is 16.1 Å². The number of ether oxygens (including phenoxy) is 1. The second-order valence-corrected chi connectivity index (χ2v) is 5.64. The van der Waals surface area contributed by atoms with E-state index < -0.39 is 0 Å². The van der Waals surface area contributed by atoms with E-state index in [1.54, 1.807) is 0 Å². The van der Waals surface area contributed by atoms with Crippen LogP contribution in [0.15, 0.2) is 24.3 Å². The number of carbonyl (C=O) groups excluding carboxylic acids is 1. The molecule has 1 amide bonds. The van der Waals surface area contributed by atoms with Gasteiger partial charge in [-0.1, -0.05) is 12.1 Å². The molecule has 1 aromatic carbocycles. The molecule has 0 spiro atoms. The van der Waals surface area contributed by atoms with Gasteiger partial charge in [0.1, 0.15) is 0 Å². The molecule has 5 nitrogen and oxygen atoms in total. The third-order valence-electron chi connectivity index (χ3n) is 3.99. The minimum atomic E-state index is -0.198. The van der Waals surface area contributed by atoms with E-state index in [2.05, 4.69) is 5.32 Å². The summed E-state index contributed by atoms with van der Waals surface area (Å²) in [6.45, 7) is 4.01. The zero-order valence-corrected chi connectivity index (χ0v) is 12.8. The summed E-state index contributed by atoms with van der Waals surface area (Å²) in [4.78, 5) is 14.3. The van der Waals surface area contributed by atoms with Crippen LogP contribution in [0, 0.1) is 0 Å². The number of anilines is 1. The Hall–Kier alpha value is -1.43. The highest BCUT2D eigenvalue weighted by molar-refractivity contribution is 5.94. The molecule has 1 aliphatic heterocycles. The fraction of sp³-hybridized carbons (Fsp3) is 0.562. The van der Waals surface area contributed by atoms with Crippen LogP contribution in [0.2, 0.25) is 0 Å². The van der Waals surface area contributed by atoms with Crippen LogP contribution in [-0.4, -0.2) is 43.2 Å². The lowest BCUT2D eigenvalue weighted by Crippen LogP contribution is -2.43. The second kappa shape index (κ2) is 7.54. The lowest BCUT2D eigenvalue weighted by Gasteiger charge is -2.26. The summed E-state index contributed by atoms with van der Waals surface area (Å²) in [6, 6.07) is 7.44. The molecule has 0 saturated carbocycles. The molecule has 0 radical (unpaired) electrons. The molecular weight excluding hydrogens is 266 g/mol. The molecule has 116 valence electrons. The zero-order chi connectivity index (χ0) is 15.2. The number of hydrogen-bond acceptors (Lipinski definition) is 4. The van der Waals surface area contributed by atoms with Crippen LogP contribution in [0.25, 0.3) is 0 Å². The standard InChI is InChI=1S/C16H25N3O2/c1-12(19(2)11-15-7-4-8-21-15)16(20)18-14-6-3-5-13(9-14)10-17/h3,5-6,9,12,15H,4,7-8,10-11,17H2,1-2H3,(H,18,20). The maximum atomic E-state index is 12.3. The fourth-order valence-corrected chi connectivity index (χ4v) is 2.49. The molecule has 0 aromatic heterocycles. The van der Waals surface area contributed by atoms with Gasteiger partial charge in [0.25, 0.3) is 0 Å². The minimum absolute atomic E-state index is 0.00957. The summed E-state index contributed by atoms with van der Waals surface area (Å²) >= 11 is 0. The number of likely N-dealkylation sites (N-methyl/N-ethyl adjacent to an activating group) is 1. The van der Waals surface area contributed by atoms with Gasteiger partial charge in [-0.2, -0.15) is 0 Å². The van der Waals surface area contributed by atoms with Gasteiger partial charge in [-0.15, -0.1) is 0 Å². The van der Waals surface area contributed by atoms with Gasteiger partial charge in [0, 0.05) is 25.4 Å². The fourth-order valence-electron chi connectivity index (χ4n) is 2.49. The first kappa shape index (κ1) is 15.9. The first-order chi connectivity index (χ1) is 10.1. The molecule has 1 aromatic rings. The third kappa shape index (κ3) is 4.52. The smallest absolute Gasteiger partial charge is 0.241 e. The van der Waals surface area contributed by atoms with E-state index in [4.69, 9.17) is 10.5 Å². The molecule has 3 N–H and O–H groups in total. The predicted molar refractivity (Wildman–Crippen MR) is 84.0 cm³/mol. The van der Waals surface area contributed by atoms with Crippen LogP contribution < -0.4 is 11.1 Å². The van der Waals surface area contributed by atoms with Crippen LogP contribution in [0.3, 0.4) is 0 Å². The number of nitrogens with zero attached hydrogens (tertiary/aromatic N) is 1. The molecule has 2 rings (SSSR count). The molecule has 2 unspecified atom stereocenters. The lowest BCUT2D eigenvalue weighted by molar-refractivity contribution is -0.120. The topological polar surface area (TPSA) is 67.6 Å². The van der Waals surface area contributed by atoms with Gasteiger partial charge in [0.05, 0.1) is 12.1 Å². The maximum absolute atomic E-state index is 12.3. The number of rotatable bonds is 6. The largest absolute Gasteiger partial charge is 0.377 e. The summed E-state index contributed by atoms with van der Waals surface area (Å²) < 4.78 is 5.61. The van der Waals surface area contributed by atoms with Crippen molar-refractivity contribution in [3.8, 4) is 0 Å². The predicted octanol–water partition coefficient (Wildman–Crippen LogP) is 1.58. The highest BCUT2D eigenvalue weighted by atomic mass is 16.5. The summed E-state index contributed by atoms with van der Waals surface area (Å²) in [5.41, 5.74) is 7.41. The van der Waals surface area contributed by atoms with Gasteiger partial charge >= 0.3 is 0 Å². The van der Waals surface area contributed by atoms with Crippen molar-refractivity contribution in [1.82, 2.24) is 4.90 Å². The van der Waals surface area contributed by atoms with Crippen molar-refractivity contribution < 1.29 is 9.53 Å². The molecule has 0 aliphatic carbocycles. The zero-order valence-electron chi connectivity index (χ0n) is 12.8. The van der Waals surface area contributed by atoms with Gasteiger partial charge in [-0.25, -0.2) is 0 Å². The molecule has 1 fully saturated rings. The Balaban J connectivity index is 1.88. The number of carbonyl (C=O) groups is 1. The number of amides is 1. The lowest BCUT2D eigenvalue weighted by atomic mass is 10.1. The Morgan fingerprint density at radius 3 is 3.05 bits per heavy atom. The Bertz CT molecular complexity index is 472. The number of hydrogen-bond donors (Lipinski definition) is 2. The Kier molecular flexibility index (Phi) is 5.73. The number of benzene rings is 1. The van der Waals surface area contributed by atoms with Gasteiger partial charge < -0.3 is 15.8 Å². The molecule has 5 heteroatoms. The number of nitrogens with two attached hydrogens (primary N) is 1. The molecule has 0 bridgehead atoms. The highest BCUT2D eigenvalue weighted by Crippen LogP contribution is 2.15. The van der Waals surface area contributed by atoms with Crippen molar-refractivity contribution in [2.45, 2.75) is 38.5 Å². The van der Waals surface area contributed by atoms with Gasteiger partial charge in [0.2, 0.25) is 5.91 Å². The molecule has 2 atom stereocenters. The summed E-state index contributed by atoms with van der Waals surface area (Å²) in [5.74, 6) is -0.00957. The SMILES string of the molecule is CC(C(=O)Nc1cccc(CN)c1)N(C)CC1CCCO1. The van der Waals surface area contributed by atoms with Gasteiger partial charge in [0.15, 0.2) is 0 Å². The van der Waals surface area contributed by atoms with E-state index in [1.807, 2.05) is 43.1 Å². The van der Waals surface area contributed by atoms with Gasteiger partial charge in [-0.3, -0.25) is 9.69 Å². The van der Waals surface area contributed by atoms with Crippen LogP contribution >= 0.6 is 0 Å². The van der Waals surface area contributed by atoms with Crippen LogP contribution in [0.5, 0.6) is 0 Å². The molecule has 21 heavy (non-hydrogen) atoms. The van der Waals surface area contributed by atoms with E-state index in [0.29, 0.717) is 6.54 Å². The van der Waals surface area contributed by atoms with Crippen molar-refractivity contribution in [3.05, 3.63) is 29.8 Å². The first-order valence-corrected chi connectivity index (χ1v) is 7.52. The highest BCUT2D eigenvalue weighted by Gasteiger charge is 2.23. The molecule has 1 heterocycles. The first-order valence-electron chi connectivity index (χ1n) is 7.52. The van der Waals surface area contributed by atoms with Gasteiger partial charge in [-0.05, 0) is 44.5 Å². The summed E-state index contributed by atoms with van der Waals surface area (Å²) in [7, 11) is 1.96. The van der Waals surface area contributed by atoms with Crippen LogP contribution in [0.4, 0.5) is 5.69 Å². The van der Waals surface area contributed by atoms with Crippen molar-refractivity contribution in [2.75, 3.05) is 25.5 Å². The average molecular weight is 291 g/mol.